The van der Waals surface area contributed by atoms with Crippen LogP contribution < -0.4 is 10.1 Å². The van der Waals surface area contributed by atoms with Gasteiger partial charge in [0.25, 0.3) is 0 Å². The molecule has 4 rings (SSSR count). The molecule has 1 atom stereocenters. The number of fused-ring (bicyclic) bond motifs is 3. The third-order valence-corrected chi connectivity index (χ3v) is 5.53. The number of carbonyl (C=O) groups is 1. The Hall–Kier alpha value is -2.76. The number of H-pyrrole nitrogens is 1. The zero-order valence-electron chi connectivity index (χ0n) is 16.0. The summed E-state index contributed by atoms with van der Waals surface area (Å²) in [5.74, 6) is 1.71. The molecule has 2 N–H and O–H groups in total. The summed E-state index contributed by atoms with van der Waals surface area (Å²) in [6.07, 6.45) is 4.12. The molecule has 1 amide bonds. The van der Waals surface area contributed by atoms with Crippen molar-refractivity contribution in [2.45, 2.75) is 52.0 Å². The van der Waals surface area contributed by atoms with Crippen LogP contribution in [0.15, 0.2) is 22.7 Å². The molecule has 0 radical (unpaired) electrons. The Morgan fingerprint density at radius 2 is 2.26 bits per heavy atom. The predicted molar refractivity (Wildman–Crippen MR) is 103 cm³/mol. The molecule has 1 aliphatic rings. The van der Waals surface area contributed by atoms with Crippen LogP contribution in [0.5, 0.6) is 5.75 Å². The van der Waals surface area contributed by atoms with Gasteiger partial charge in [0, 0.05) is 28.6 Å². The van der Waals surface area contributed by atoms with Crippen LogP contribution in [0, 0.1) is 13.8 Å². The van der Waals surface area contributed by atoms with Crippen LogP contribution in [0.25, 0.3) is 10.9 Å². The summed E-state index contributed by atoms with van der Waals surface area (Å²) in [5, 5.41) is 8.36. The average Bonchev–Trinajstić information content (AvgIpc) is 3.20. The number of carbonyl (C=O) groups excluding carboxylic acids is 1. The van der Waals surface area contributed by atoms with E-state index in [9.17, 15) is 4.79 Å². The molecule has 27 heavy (non-hydrogen) atoms. The van der Waals surface area contributed by atoms with Crippen LogP contribution in [0.2, 0.25) is 0 Å². The van der Waals surface area contributed by atoms with Gasteiger partial charge < -0.3 is 19.6 Å². The minimum Gasteiger partial charge on any atom is -0.497 e. The number of hydrogen-bond acceptors (Lipinski definition) is 4. The highest BCUT2D eigenvalue weighted by Gasteiger charge is 2.26. The van der Waals surface area contributed by atoms with Gasteiger partial charge in [-0.05, 0) is 63.3 Å². The minimum absolute atomic E-state index is 0.0318. The van der Waals surface area contributed by atoms with E-state index in [1.807, 2.05) is 26.0 Å². The van der Waals surface area contributed by atoms with Gasteiger partial charge in [-0.25, -0.2) is 0 Å². The Balaban J connectivity index is 1.50. The van der Waals surface area contributed by atoms with Crippen LogP contribution in [0.1, 0.15) is 53.6 Å². The summed E-state index contributed by atoms with van der Waals surface area (Å²) >= 11 is 0. The van der Waals surface area contributed by atoms with Crippen LogP contribution in [0.3, 0.4) is 0 Å². The molecule has 0 spiro atoms. The molecule has 142 valence electrons. The topological polar surface area (TPSA) is 80.1 Å². The first-order valence-corrected chi connectivity index (χ1v) is 9.46. The standard InChI is InChI=1S/C21H25N3O3/c1-12-15(13(2)27-24-12)8-10-20(25)22-19-6-4-5-16-17-11-14(26-3)7-9-18(17)23-21(16)19/h7,9,11,19,23H,4-6,8,10H2,1-3H3,(H,22,25)/t19-/m1/s1. The second-order valence-corrected chi connectivity index (χ2v) is 7.24. The number of methoxy groups -OCH3 is 1. The van der Waals surface area contributed by atoms with Crippen molar-refractivity contribution in [1.29, 1.82) is 0 Å². The number of aromatic amines is 1. The van der Waals surface area contributed by atoms with Crippen molar-refractivity contribution in [3.8, 4) is 5.75 Å². The molecule has 0 fully saturated rings. The Bertz CT molecular complexity index is 967. The molecule has 6 heteroatoms. The van der Waals surface area contributed by atoms with Crippen LogP contribution >= 0.6 is 0 Å². The molecule has 0 aliphatic heterocycles. The van der Waals surface area contributed by atoms with Crippen molar-refractivity contribution in [3.05, 3.63) is 46.5 Å². The van der Waals surface area contributed by atoms with E-state index >= 15 is 0 Å². The van der Waals surface area contributed by atoms with E-state index in [1.165, 1.54) is 10.9 Å². The van der Waals surface area contributed by atoms with E-state index in [4.69, 9.17) is 9.26 Å². The van der Waals surface area contributed by atoms with Gasteiger partial charge in [0.2, 0.25) is 5.91 Å². The molecule has 0 bridgehead atoms. The Kier molecular flexibility index (Phi) is 4.64. The van der Waals surface area contributed by atoms with Gasteiger partial charge in [-0.15, -0.1) is 0 Å². The van der Waals surface area contributed by atoms with E-state index in [1.54, 1.807) is 7.11 Å². The quantitative estimate of drug-likeness (QED) is 0.716. The highest BCUT2D eigenvalue weighted by Crippen LogP contribution is 2.36. The number of rotatable bonds is 5. The third kappa shape index (κ3) is 3.31. The lowest BCUT2D eigenvalue weighted by molar-refractivity contribution is -0.121. The van der Waals surface area contributed by atoms with Crippen molar-refractivity contribution in [2.24, 2.45) is 0 Å². The summed E-state index contributed by atoms with van der Waals surface area (Å²) in [7, 11) is 1.68. The largest absolute Gasteiger partial charge is 0.497 e. The number of hydrogen-bond donors (Lipinski definition) is 2. The molecule has 2 aromatic heterocycles. The highest BCUT2D eigenvalue weighted by atomic mass is 16.5. The molecule has 3 aromatic rings. The number of ether oxygens (including phenoxy) is 1. The normalized spacial score (nSPS) is 16.3. The number of amides is 1. The van der Waals surface area contributed by atoms with Gasteiger partial charge in [-0.3, -0.25) is 4.79 Å². The maximum absolute atomic E-state index is 12.6. The molecule has 0 saturated carbocycles. The third-order valence-electron chi connectivity index (χ3n) is 5.53. The zero-order valence-corrected chi connectivity index (χ0v) is 16.0. The molecule has 1 aromatic carbocycles. The van der Waals surface area contributed by atoms with Crippen molar-refractivity contribution in [1.82, 2.24) is 15.5 Å². The number of nitrogens with zero attached hydrogens (tertiary/aromatic N) is 1. The van der Waals surface area contributed by atoms with Crippen molar-refractivity contribution < 1.29 is 14.1 Å². The van der Waals surface area contributed by atoms with E-state index < -0.39 is 0 Å². The average molecular weight is 367 g/mol. The SMILES string of the molecule is COc1ccc2[nH]c3c(c2c1)CCC[C@H]3NC(=O)CCc1c(C)noc1C. The Labute approximate surface area is 158 Å². The fourth-order valence-electron chi connectivity index (χ4n) is 4.08. The van der Waals surface area contributed by atoms with Crippen molar-refractivity contribution >= 4 is 16.8 Å². The molecule has 2 heterocycles. The van der Waals surface area contributed by atoms with Crippen molar-refractivity contribution in [2.75, 3.05) is 7.11 Å². The van der Waals surface area contributed by atoms with E-state index in [0.717, 1.165) is 53.2 Å². The first kappa shape index (κ1) is 17.6. The van der Waals surface area contributed by atoms with E-state index in [-0.39, 0.29) is 11.9 Å². The van der Waals surface area contributed by atoms with E-state index in [0.29, 0.717) is 12.8 Å². The lowest BCUT2D eigenvalue weighted by Crippen LogP contribution is -2.31. The minimum atomic E-state index is 0.0318. The fourth-order valence-corrected chi connectivity index (χ4v) is 4.08. The van der Waals surface area contributed by atoms with Gasteiger partial charge in [-0.2, -0.15) is 0 Å². The first-order chi connectivity index (χ1) is 13.1. The molecular weight excluding hydrogens is 342 g/mol. The van der Waals surface area contributed by atoms with Gasteiger partial charge >= 0.3 is 0 Å². The molecule has 0 saturated heterocycles. The van der Waals surface area contributed by atoms with Crippen LogP contribution in [0.4, 0.5) is 0 Å². The fraction of sp³-hybridized carbons (Fsp3) is 0.429. The second-order valence-electron chi connectivity index (χ2n) is 7.24. The monoisotopic (exact) mass is 367 g/mol. The lowest BCUT2D eigenvalue weighted by atomic mass is 9.91. The summed E-state index contributed by atoms with van der Waals surface area (Å²) in [6, 6.07) is 6.11. The van der Waals surface area contributed by atoms with Crippen molar-refractivity contribution in [3.63, 3.8) is 0 Å². The predicted octanol–water partition coefficient (Wildman–Crippen LogP) is 3.91. The molecule has 1 aliphatic carbocycles. The van der Waals surface area contributed by atoms with Crippen LogP contribution in [-0.2, 0) is 17.6 Å². The number of nitrogens with one attached hydrogen (secondary N) is 2. The maximum atomic E-state index is 12.6. The van der Waals surface area contributed by atoms with E-state index in [2.05, 4.69) is 21.5 Å². The number of benzene rings is 1. The summed E-state index contributed by atoms with van der Waals surface area (Å²) < 4.78 is 10.5. The Morgan fingerprint density at radius 1 is 1.41 bits per heavy atom. The second kappa shape index (κ2) is 7.10. The zero-order chi connectivity index (χ0) is 19.0. The summed E-state index contributed by atoms with van der Waals surface area (Å²) in [4.78, 5) is 16.1. The highest BCUT2D eigenvalue weighted by molar-refractivity contribution is 5.87. The van der Waals surface area contributed by atoms with Gasteiger partial charge in [-0.1, -0.05) is 5.16 Å². The van der Waals surface area contributed by atoms with Gasteiger partial charge in [0.1, 0.15) is 11.5 Å². The molecular formula is C21H25N3O3. The first-order valence-electron chi connectivity index (χ1n) is 9.46. The smallest absolute Gasteiger partial charge is 0.220 e. The van der Waals surface area contributed by atoms with Gasteiger partial charge in [0.15, 0.2) is 0 Å². The summed E-state index contributed by atoms with van der Waals surface area (Å²) in [6.45, 7) is 3.80. The molecule has 0 unspecified atom stereocenters. The maximum Gasteiger partial charge on any atom is 0.220 e. The Morgan fingerprint density at radius 3 is 3.00 bits per heavy atom. The summed E-state index contributed by atoms with van der Waals surface area (Å²) in [5.41, 5.74) is 5.43. The number of aryl methyl sites for hydroxylation is 3. The van der Waals surface area contributed by atoms with Gasteiger partial charge in [0.05, 0.1) is 18.8 Å². The van der Waals surface area contributed by atoms with Crippen LogP contribution in [-0.4, -0.2) is 23.2 Å². The number of aromatic nitrogens is 2. The lowest BCUT2D eigenvalue weighted by Gasteiger charge is -2.24. The molecule has 6 nitrogen and oxygen atoms in total.